The van der Waals surface area contributed by atoms with Gasteiger partial charge in [0, 0.05) is 6.42 Å². The number of benzene rings is 2. The molecule has 2 aliphatic heterocycles. The number of carboxylic acid groups (broad SMARTS) is 1. The summed E-state index contributed by atoms with van der Waals surface area (Å²) in [7, 11) is 1.58. The number of likely N-dealkylation sites (tertiary alicyclic amines) is 1. The van der Waals surface area contributed by atoms with Gasteiger partial charge in [-0.3, -0.25) is 14.5 Å². The van der Waals surface area contributed by atoms with Crippen molar-refractivity contribution in [1.29, 1.82) is 0 Å². The van der Waals surface area contributed by atoms with Gasteiger partial charge in [0.15, 0.2) is 0 Å². The number of carboxylic acids is 1. The molecule has 452 valence electrons. The number of carbonyl (C=O) groups excluding carboxylic acids is 1. The first-order valence-corrected chi connectivity index (χ1v) is 34.2. The van der Waals surface area contributed by atoms with Gasteiger partial charge >= 0.3 is 11.9 Å². The van der Waals surface area contributed by atoms with Crippen LogP contribution >= 0.6 is 0 Å². The zero-order valence-electron chi connectivity index (χ0n) is 52.2. The molecule has 1 unspecified atom stereocenters. The molecule has 8 heteroatoms. The zero-order valence-corrected chi connectivity index (χ0v) is 52.2. The van der Waals surface area contributed by atoms with Crippen LogP contribution in [0, 0.1) is 92.7 Å². The second-order valence-electron chi connectivity index (χ2n) is 30.2. The summed E-state index contributed by atoms with van der Waals surface area (Å²) >= 11 is 0. The number of ether oxygens (including phenoxy) is 3. The van der Waals surface area contributed by atoms with Crippen LogP contribution in [0.1, 0.15) is 226 Å². The van der Waals surface area contributed by atoms with Gasteiger partial charge in [-0.2, -0.15) is 0 Å². The number of rotatable bonds is 15. The molecule has 2 saturated heterocycles. The van der Waals surface area contributed by atoms with E-state index < -0.39 is 5.97 Å². The van der Waals surface area contributed by atoms with Crippen LogP contribution in [-0.4, -0.2) is 73.5 Å². The third-order valence-corrected chi connectivity index (χ3v) is 26.3. The van der Waals surface area contributed by atoms with Crippen molar-refractivity contribution in [3.63, 3.8) is 0 Å². The van der Waals surface area contributed by atoms with E-state index >= 15 is 0 Å². The second-order valence-corrected chi connectivity index (χ2v) is 30.2. The second kappa shape index (κ2) is 27.3. The predicted octanol–water partition coefficient (Wildman–Crippen LogP) is 16.8. The van der Waals surface area contributed by atoms with E-state index in [9.17, 15) is 14.7 Å². The van der Waals surface area contributed by atoms with E-state index in [1.165, 1.54) is 178 Å². The van der Waals surface area contributed by atoms with Crippen molar-refractivity contribution in [3.05, 3.63) is 71.8 Å². The minimum Gasteiger partial charge on any atom is -0.481 e. The normalized spacial score (nSPS) is 40.1. The Bertz CT molecular complexity index is 2270. The van der Waals surface area contributed by atoms with Gasteiger partial charge in [0.05, 0.1) is 32.5 Å². The van der Waals surface area contributed by atoms with E-state index in [1.807, 2.05) is 0 Å². The Labute approximate surface area is 492 Å². The molecule has 0 bridgehead atoms. The Hall–Kier alpha value is -2.78. The number of aliphatic carboxylic acids is 1. The molecule has 2 aromatic rings. The molecular weight excluding hydrogens is 1000 g/mol. The molecule has 10 aliphatic rings. The maximum Gasteiger partial charge on any atom is 0.323 e. The number of nitrogens with one attached hydrogen (secondary N) is 1. The number of fused-ring (bicyclic) bond motifs is 10. The molecule has 8 nitrogen and oxygen atoms in total. The van der Waals surface area contributed by atoms with Gasteiger partial charge < -0.3 is 24.6 Å². The Balaban J connectivity index is 0.000000167. The summed E-state index contributed by atoms with van der Waals surface area (Å²) in [6, 6.07) is 21.3. The molecule has 8 aliphatic carbocycles. The molecule has 10 fully saturated rings. The maximum absolute atomic E-state index is 12.9. The van der Waals surface area contributed by atoms with Crippen molar-refractivity contribution in [2.24, 2.45) is 92.7 Å². The first-order valence-electron chi connectivity index (χ1n) is 34.2. The minimum atomic E-state index is -0.634. The summed E-state index contributed by atoms with van der Waals surface area (Å²) in [5.74, 6) is 8.83. The van der Waals surface area contributed by atoms with E-state index in [1.54, 1.807) is 7.11 Å². The van der Waals surface area contributed by atoms with Gasteiger partial charge in [-0.25, -0.2) is 0 Å². The van der Waals surface area contributed by atoms with Crippen LogP contribution in [-0.2, 0) is 37.0 Å². The lowest BCUT2D eigenvalue weighted by Crippen LogP contribution is -2.54. The molecule has 8 saturated carbocycles. The third-order valence-electron chi connectivity index (χ3n) is 26.3. The van der Waals surface area contributed by atoms with E-state index in [4.69, 9.17) is 14.2 Å². The Kier molecular flexibility index (Phi) is 20.7. The molecule has 0 aromatic heterocycles. The molecule has 2 N–H and O–H groups in total. The number of hydrogen-bond donors (Lipinski definition) is 2. The average molecular weight is 1120 g/mol. The van der Waals surface area contributed by atoms with Crippen LogP contribution < -0.4 is 5.32 Å². The average Bonchev–Trinajstić information content (AvgIpc) is 4.14. The quantitative estimate of drug-likeness (QED) is 0.170. The number of piperidine rings is 2. The summed E-state index contributed by atoms with van der Waals surface area (Å²) in [6.45, 7) is 21.5. The standard InChI is InChI=1S/C37H57NO3.C31H46O3.C5H11N/c1-26(23-34(35(39)40-4)38-21-9-6-10-22-38)31-15-16-32-30-14-13-28-24-29(41-25-27-11-7-5-8-12-27)17-19-36(28,2)33(30)18-20-37(31,32)3;1-21(9-14-29(32)33)26-12-13-27-25-11-10-23-19-24(34-20-22-7-5-4-6-8-22)15-17-30(23,2)28(25)16-18-31(26,27)3;1-2-4-6-5-3-1/h5,7-8,11-12,26,28-34H,6,9-10,13-25H2,1-4H3;4-8,21,23-28H,9-20H2,1-3H3,(H,32,33);6H,1-5H2/t26-,28-,29-,30+,31-,32+,33+,34?,36+,37-;21-,23-,24-,25+,26-,27+,28+,30+,31-;/m11./s1. The lowest BCUT2D eigenvalue weighted by molar-refractivity contribution is -0.149. The predicted molar refractivity (Wildman–Crippen MR) is 328 cm³/mol. The molecule has 0 spiro atoms. The Morgan fingerprint density at radius 3 is 1.47 bits per heavy atom. The number of methoxy groups -OCH3 is 1. The fourth-order valence-electron chi connectivity index (χ4n) is 21.9. The summed E-state index contributed by atoms with van der Waals surface area (Å²) in [5, 5.41) is 12.5. The van der Waals surface area contributed by atoms with E-state index in [0.29, 0.717) is 58.0 Å². The first-order chi connectivity index (χ1) is 39.1. The third kappa shape index (κ3) is 13.5. The van der Waals surface area contributed by atoms with Crippen molar-refractivity contribution in [1.82, 2.24) is 10.2 Å². The Morgan fingerprint density at radius 2 is 1.02 bits per heavy atom. The topological polar surface area (TPSA) is 97.3 Å². The van der Waals surface area contributed by atoms with Gasteiger partial charge in [-0.05, 0) is 284 Å². The van der Waals surface area contributed by atoms with Crippen LogP contribution in [0.4, 0.5) is 0 Å². The van der Waals surface area contributed by atoms with Crippen molar-refractivity contribution in [2.45, 2.75) is 246 Å². The number of hydrogen-bond acceptors (Lipinski definition) is 7. The summed E-state index contributed by atoms with van der Waals surface area (Å²) < 4.78 is 18.3. The summed E-state index contributed by atoms with van der Waals surface area (Å²) in [5.41, 5.74) is 4.43. The van der Waals surface area contributed by atoms with Crippen LogP contribution in [0.2, 0.25) is 0 Å². The van der Waals surface area contributed by atoms with Gasteiger partial charge in [0.25, 0.3) is 0 Å². The number of carbonyl (C=O) groups is 2. The molecule has 81 heavy (non-hydrogen) atoms. The fourth-order valence-corrected chi connectivity index (χ4v) is 21.9. The largest absolute Gasteiger partial charge is 0.481 e. The van der Waals surface area contributed by atoms with E-state index in [0.717, 1.165) is 92.4 Å². The SMILES string of the molecule is C1CCNCC1.COC(=O)C(C[C@@H](C)[C@H]1CC[C@H]2[C@@H]3CC[C@@H]4C[C@H](OCc5ccccc5)CC[C@]4(C)[C@H]3CC[C@]12C)N1CCCCC1.C[C@H](CCC(=O)O)[C@H]1CC[C@H]2[C@@H]3CC[C@@H]4C[C@H](OCc5ccccc5)CC[C@]4(C)[C@H]3CC[C@]12C. The van der Waals surface area contributed by atoms with Gasteiger partial charge in [0.2, 0.25) is 0 Å². The van der Waals surface area contributed by atoms with Gasteiger partial charge in [-0.1, -0.05) is 115 Å². The lowest BCUT2D eigenvalue weighted by atomic mass is 9.44. The molecule has 2 aromatic carbocycles. The van der Waals surface area contributed by atoms with Gasteiger partial charge in [-0.15, -0.1) is 0 Å². The fraction of sp³-hybridized carbons (Fsp3) is 0.808. The number of nitrogens with zero attached hydrogens (tertiary/aromatic N) is 1. The molecule has 12 rings (SSSR count). The monoisotopic (exact) mass is 1110 g/mol. The molecular formula is C73H114N2O6. The van der Waals surface area contributed by atoms with Crippen LogP contribution in [0.3, 0.4) is 0 Å². The highest BCUT2D eigenvalue weighted by atomic mass is 16.5. The van der Waals surface area contributed by atoms with E-state index in [-0.39, 0.29) is 12.0 Å². The molecule has 0 amide bonds. The number of esters is 1. The van der Waals surface area contributed by atoms with Crippen LogP contribution in [0.5, 0.6) is 0 Å². The smallest absolute Gasteiger partial charge is 0.323 e. The first kappa shape index (κ1) is 61.3. The summed E-state index contributed by atoms with van der Waals surface area (Å²) in [6.07, 6.45) is 35.2. The highest BCUT2D eigenvalue weighted by Crippen LogP contribution is 2.70. The van der Waals surface area contributed by atoms with Crippen molar-refractivity contribution in [3.8, 4) is 0 Å². The zero-order chi connectivity index (χ0) is 56.8. The molecule has 19 atom stereocenters. The van der Waals surface area contributed by atoms with Crippen molar-refractivity contribution in [2.75, 3.05) is 33.3 Å². The molecule has 2 heterocycles. The van der Waals surface area contributed by atoms with E-state index in [2.05, 4.69) is 112 Å². The molecule has 0 radical (unpaired) electrons. The summed E-state index contributed by atoms with van der Waals surface area (Å²) in [4.78, 5) is 26.6. The van der Waals surface area contributed by atoms with Crippen molar-refractivity contribution < 1.29 is 28.9 Å². The minimum absolute atomic E-state index is 0.00300. The Morgan fingerprint density at radius 1 is 0.568 bits per heavy atom. The highest BCUT2D eigenvalue weighted by Gasteiger charge is 2.63. The van der Waals surface area contributed by atoms with Crippen LogP contribution in [0.25, 0.3) is 0 Å². The highest BCUT2D eigenvalue weighted by molar-refractivity contribution is 5.75. The lowest BCUT2D eigenvalue weighted by Gasteiger charge is -2.61. The van der Waals surface area contributed by atoms with Crippen LogP contribution in [0.15, 0.2) is 60.7 Å². The van der Waals surface area contributed by atoms with Gasteiger partial charge in [0.1, 0.15) is 6.04 Å². The van der Waals surface area contributed by atoms with Crippen molar-refractivity contribution >= 4 is 11.9 Å². The maximum atomic E-state index is 12.9.